The maximum atomic E-state index is 12.8. The minimum absolute atomic E-state index is 0.188. The van der Waals surface area contributed by atoms with E-state index in [4.69, 9.17) is 14.2 Å². The molecule has 0 saturated heterocycles. The number of allylic oxidation sites excluding steroid dienone is 3. The third kappa shape index (κ3) is 2.96. The fourth-order valence-electron chi connectivity index (χ4n) is 3.69. The molecule has 0 aromatic rings. The zero-order valence-corrected chi connectivity index (χ0v) is 15.2. The molecule has 1 fully saturated rings. The van der Waals surface area contributed by atoms with Gasteiger partial charge in [0.15, 0.2) is 0 Å². The minimum atomic E-state index is -1.78. The van der Waals surface area contributed by atoms with E-state index in [-0.39, 0.29) is 13.2 Å². The second-order valence-corrected chi connectivity index (χ2v) is 6.00. The van der Waals surface area contributed by atoms with Gasteiger partial charge in [-0.05, 0) is 62.7 Å². The number of hydrogen-bond donors (Lipinski definition) is 0. The van der Waals surface area contributed by atoms with Crippen molar-refractivity contribution in [1.29, 1.82) is 0 Å². The number of esters is 2. The van der Waals surface area contributed by atoms with E-state index in [9.17, 15) is 9.59 Å². The van der Waals surface area contributed by atoms with E-state index in [1.807, 2.05) is 13.8 Å². The van der Waals surface area contributed by atoms with Gasteiger partial charge in [-0.25, -0.2) is 9.59 Å². The molecule has 5 nitrogen and oxygen atoms in total. The molecule has 0 unspecified atom stereocenters. The van der Waals surface area contributed by atoms with Crippen molar-refractivity contribution in [3.63, 3.8) is 0 Å². The lowest BCUT2D eigenvalue weighted by Crippen LogP contribution is -2.54. The van der Waals surface area contributed by atoms with Crippen LogP contribution in [0.1, 0.15) is 66.2 Å². The molecule has 1 aliphatic carbocycles. The van der Waals surface area contributed by atoms with Gasteiger partial charge in [0.1, 0.15) is 5.76 Å². The Hall–Kier alpha value is -1.78. The molecule has 2 rings (SSSR count). The third-order valence-electron chi connectivity index (χ3n) is 4.67. The normalized spacial score (nSPS) is 19.5. The molecule has 134 valence electrons. The summed E-state index contributed by atoms with van der Waals surface area (Å²) in [5, 5.41) is 0. The van der Waals surface area contributed by atoms with Crippen molar-refractivity contribution >= 4 is 11.9 Å². The summed E-state index contributed by atoms with van der Waals surface area (Å²) in [6.07, 6.45) is 5.15. The summed E-state index contributed by atoms with van der Waals surface area (Å²) in [5.41, 5.74) is 1.21. The highest BCUT2D eigenvalue weighted by atomic mass is 16.6. The van der Waals surface area contributed by atoms with Crippen molar-refractivity contribution in [2.24, 2.45) is 0 Å². The molecule has 24 heavy (non-hydrogen) atoms. The number of ether oxygens (including phenoxy) is 3. The predicted octanol–water partition coefficient (Wildman–Crippen LogP) is 3.83. The van der Waals surface area contributed by atoms with E-state index in [2.05, 4.69) is 0 Å². The Labute approximate surface area is 144 Å². The Balaban J connectivity index is 2.65. The highest BCUT2D eigenvalue weighted by Gasteiger charge is 2.57. The van der Waals surface area contributed by atoms with E-state index in [1.54, 1.807) is 13.8 Å². The Morgan fingerprint density at radius 3 is 1.92 bits per heavy atom. The van der Waals surface area contributed by atoms with Crippen LogP contribution in [0.15, 0.2) is 22.5 Å². The molecule has 0 spiro atoms. The molecule has 0 bridgehead atoms. The maximum Gasteiger partial charge on any atom is 0.367 e. The molecule has 0 atom stereocenters. The van der Waals surface area contributed by atoms with Gasteiger partial charge >= 0.3 is 17.5 Å². The number of fused-ring (bicyclic) bond motifs is 1. The van der Waals surface area contributed by atoms with Crippen LogP contribution in [0, 0.1) is 0 Å². The first-order chi connectivity index (χ1) is 11.6. The first-order valence-electron chi connectivity index (χ1n) is 9.04. The van der Waals surface area contributed by atoms with Gasteiger partial charge in [0, 0.05) is 6.42 Å². The van der Waals surface area contributed by atoms with E-state index >= 15 is 0 Å². The van der Waals surface area contributed by atoms with Gasteiger partial charge in [0.2, 0.25) is 0 Å². The van der Waals surface area contributed by atoms with E-state index in [1.165, 1.54) is 5.57 Å². The Morgan fingerprint density at radius 1 is 0.917 bits per heavy atom. The summed E-state index contributed by atoms with van der Waals surface area (Å²) < 4.78 is 16.6. The van der Waals surface area contributed by atoms with Crippen molar-refractivity contribution in [2.75, 3.05) is 13.2 Å². The predicted molar refractivity (Wildman–Crippen MR) is 90.2 cm³/mol. The first kappa shape index (κ1) is 18.6. The third-order valence-corrected chi connectivity index (χ3v) is 4.67. The summed E-state index contributed by atoms with van der Waals surface area (Å²) in [6.45, 7) is 7.75. The minimum Gasteiger partial charge on any atom is -0.464 e. The molecule has 1 heterocycles. The summed E-state index contributed by atoms with van der Waals surface area (Å²) in [7, 11) is 0. The van der Waals surface area contributed by atoms with Crippen LogP contribution >= 0.6 is 0 Å². The van der Waals surface area contributed by atoms with E-state index < -0.39 is 17.5 Å². The van der Waals surface area contributed by atoms with Crippen LogP contribution in [0.25, 0.3) is 0 Å². The van der Waals surface area contributed by atoms with Crippen LogP contribution in [0.3, 0.4) is 0 Å². The van der Waals surface area contributed by atoms with Gasteiger partial charge in [-0.1, -0.05) is 13.8 Å². The molecule has 1 aliphatic heterocycles. The van der Waals surface area contributed by atoms with Crippen molar-refractivity contribution in [3.05, 3.63) is 22.5 Å². The van der Waals surface area contributed by atoms with Crippen molar-refractivity contribution in [2.45, 2.75) is 71.8 Å². The SMILES string of the molecule is CCOC(=O)C1(C(=O)OCC)OC(CC)=C2CCCCC2=C1CC. The van der Waals surface area contributed by atoms with Crippen LogP contribution < -0.4 is 0 Å². The Bertz CT molecular complexity index is 552. The lowest BCUT2D eigenvalue weighted by molar-refractivity contribution is -0.182. The first-order valence-corrected chi connectivity index (χ1v) is 9.04. The second kappa shape index (κ2) is 7.86. The quantitative estimate of drug-likeness (QED) is 0.545. The second-order valence-electron chi connectivity index (χ2n) is 6.00. The van der Waals surface area contributed by atoms with Gasteiger partial charge in [0.05, 0.1) is 13.2 Å². The molecule has 0 aromatic carbocycles. The van der Waals surface area contributed by atoms with Crippen molar-refractivity contribution in [1.82, 2.24) is 0 Å². The van der Waals surface area contributed by atoms with Crippen LogP contribution in [0.4, 0.5) is 0 Å². The van der Waals surface area contributed by atoms with Crippen molar-refractivity contribution < 1.29 is 23.8 Å². The van der Waals surface area contributed by atoms with Gasteiger partial charge in [0.25, 0.3) is 0 Å². The molecular weight excluding hydrogens is 308 g/mol. The average Bonchev–Trinajstić information content (AvgIpc) is 2.60. The molecule has 1 saturated carbocycles. The summed E-state index contributed by atoms with van der Waals surface area (Å²) in [4.78, 5) is 25.7. The van der Waals surface area contributed by atoms with E-state index in [0.29, 0.717) is 18.4 Å². The topological polar surface area (TPSA) is 61.8 Å². The number of hydrogen-bond acceptors (Lipinski definition) is 5. The van der Waals surface area contributed by atoms with Crippen LogP contribution in [-0.4, -0.2) is 30.8 Å². The fourth-order valence-corrected chi connectivity index (χ4v) is 3.69. The maximum absolute atomic E-state index is 12.8. The molecule has 2 aliphatic rings. The molecule has 0 N–H and O–H groups in total. The molecule has 5 heteroatoms. The summed E-state index contributed by atoms with van der Waals surface area (Å²) in [5.74, 6) is -0.602. The zero-order valence-electron chi connectivity index (χ0n) is 15.2. The lowest BCUT2D eigenvalue weighted by atomic mass is 9.76. The highest BCUT2D eigenvalue weighted by molar-refractivity contribution is 6.08. The highest BCUT2D eigenvalue weighted by Crippen LogP contribution is 2.46. The smallest absolute Gasteiger partial charge is 0.367 e. The summed E-state index contributed by atoms with van der Waals surface area (Å²) in [6, 6.07) is 0. The van der Waals surface area contributed by atoms with Gasteiger partial charge < -0.3 is 14.2 Å². The van der Waals surface area contributed by atoms with Crippen LogP contribution in [0.2, 0.25) is 0 Å². The number of carbonyl (C=O) groups excluding carboxylic acids is 2. The Kier molecular flexibility index (Phi) is 6.08. The van der Waals surface area contributed by atoms with Gasteiger partial charge in [-0.2, -0.15) is 0 Å². The van der Waals surface area contributed by atoms with Gasteiger partial charge in [-0.15, -0.1) is 0 Å². The van der Waals surface area contributed by atoms with Crippen LogP contribution in [-0.2, 0) is 23.8 Å². The van der Waals surface area contributed by atoms with E-state index in [0.717, 1.165) is 37.0 Å². The largest absolute Gasteiger partial charge is 0.464 e. The van der Waals surface area contributed by atoms with Crippen molar-refractivity contribution in [3.8, 4) is 0 Å². The molecule has 0 amide bonds. The number of carbonyl (C=O) groups is 2. The monoisotopic (exact) mass is 336 g/mol. The fraction of sp³-hybridized carbons (Fsp3) is 0.684. The van der Waals surface area contributed by atoms with Gasteiger partial charge in [-0.3, -0.25) is 0 Å². The standard InChI is InChI=1S/C19H28O5/c1-5-15-13-11-9-10-12-14(13)16(6-2)24-19(15,17(20)22-7-3)18(21)23-8-4/h5-12H2,1-4H3. The number of rotatable bonds is 6. The van der Waals surface area contributed by atoms with Crippen LogP contribution in [0.5, 0.6) is 0 Å². The molecule has 0 radical (unpaired) electrons. The zero-order chi connectivity index (χ0) is 17.7. The summed E-state index contributed by atoms with van der Waals surface area (Å²) >= 11 is 0. The molecule has 0 aromatic heterocycles. The molecular formula is C19H28O5. The average molecular weight is 336 g/mol. The Morgan fingerprint density at radius 2 is 1.46 bits per heavy atom. The lowest BCUT2D eigenvalue weighted by Gasteiger charge is -2.40.